The number of halogens is 2. The molecule has 27 heavy (non-hydrogen) atoms. The van der Waals surface area contributed by atoms with Crippen LogP contribution >= 0.6 is 23.1 Å². The van der Waals surface area contributed by atoms with Gasteiger partial charge in [-0.05, 0) is 37.6 Å². The maximum Gasteiger partial charge on any atom is 0.159 e. The lowest BCUT2D eigenvalue weighted by Gasteiger charge is -2.25. The Morgan fingerprint density at radius 2 is 1.93 bits per heavy atom. The van der Waals surface area contributed by atoms with Crippen molar-refractivity contribution >= 4 is 33.3 Å². The number of hydrogen-bond acceptors (Lipinski definition) is 6. The molecule has 3 heterocycles. The Morgan fingerprint density at radius 3 is 2.67 bits per heavy atom. The number of ether oxygens (including phenoxy) is 1. The fourth-order valence-electron chi connectivity index (χ4n) is 3.01. The predicted octanol–water partition coefficient (Wildman–Crippen LogP) is 4.57. The Labute approximate surface area is 164 Å². The molecular weight excluding hydrogens is 388 g/mol. The summed E-state index contributed by atoms with van der Waals surface area (Å²) in [5.74, 6) is -0.949. The minimum Gasteiger partial charge on any atom is -0.379 e. The van der Waals surface area contributed by atoms with Crippen molar-refractivity contribution in [1.82, 2.24) is 14.9 Å². The van der Waals surface area contributed by atoms with E-state index < -0.39 is 11.6 Å². The molecule has 2 aromatic heterocycles. The van der Waals surface area contributed by atoms with Gasteiger partial charge in [0.25, 0.3) is 0 Å². The van der Waals surface area contributed by atoms with Crippen LogP contribution in [0.25, 0.3) is 10.2 Å². The first-order valence-electron chi connectivity index (χ1n) is 8.71. The first-order valence-corrected chi connectivity index (χ1v) is 10.3. The standard InChI is InChI=1S/C19H19F2N3OS2/c1-11-12(2)26-18-17(11)19(27-13-3-4-14(20)15(21)9-13)23-16(22-18)10-24-5-7-25-8-6-24/h3-4,9H,5-8,10H2,1-2H3. The predicted molar refractivity (Wildman–Crippen MR) is 103 cm³/mol. The lowest BCUT2D eigenvalue weighted by Crippen LogP contribution is -2.36. The van der Waals surface area contributed by atoms with Crippen molar-refractivity contribution in [2.75, 3.05) is 26.3 Å². The van der Waals surface area contributed by atoms with Gasteiger partial charge in [0.1, 0.15) is 15.7 Å². The van der Waals surface area contributed by atoms with Gasteiger partial charge in [0, 0.05) is 28.2 Å². The normalized spacial score (nSPS) is 15.6. The Morgan fingerprint density at radius 1 is 1.15 bits per heavy atom. The monoisotopic (exact) mass is 407 g/mol. The van der Waals surface area contributed by atoms with Gasteiger partial charge in [-0.25, -0.2) is 18.7 Å². The van der Waals surface area contributed by atoms with Crippen molar-refractivity contribution in [1.29, 1.82) is 0 Å². The molecule has 1 saturated heterocycles. The van der Waals surface area contributed by atoms with Crippen LogP contribution in [0.4, 0.5) is 8.78 Å². The lowest BCUT2D eigenvalue weighted by atomic mass is 10.2. The third-order valence-corrected chi connectivity index (χ3v) is 6.70. The second-order valence-corrected chi connectivity index (χ2v) is 8.74. The summed E-state index contributed by atoms with van der Waals surface area (Å²) in [5, 5.41) is 1.79. The zero-order chi connectivity index (χ0) is 19.0. The molecule has 1 fully saturated rings. The number of hydrogen-bond donors (Lipinski definition) is 0. The Balaban J connectivity index is 1.72. The van der Waals surface area contributed by atoms with E-state index in [-0.39, 0.29) is 0 Å². The number of thiophene rings is 1. The maximum absolute atomic E-state index is 13.6. The molecule has 0 radical (unpaired) electrons. The number of rotatable bonds is 4. The SMILES string of the molecule is Cc1sc2nc(CN3CCOCC3)nc(Sc3ccc(F)c(F)c3)c2c1C. The molecule has 0 aliphatic carbocycles. The Kier molecular flexibility index (Phi) is 5.41. The molecule has 0 saturated carbocycles. The van der Waals surface area contributed by atoms with E-state index in [9.17, 15) is 8.78 Å². The van der Waals surface area contributed by atoms with Crippen molar-refractivity contribution < 1.29 is 13.5 Å². The summed E-state index contributed by atoms with van der Waals surface area (Å²) in [6.07, 6.45) is 0. The summed E-state index contributed by atoms with van der Waals surface area (Å²) >= 11 is 2.99. The zero-order valence-electron chi connectivity index (χ0n) is 15.1. The van der Waals surface area contributed by atoms with Crippen LogP contribution < -0.4 is 0 Å². The number of aryl methyl sites for hydroxylation is 2. The largest absolute Gasteiger partial charge is 0.379 e. The van der Waals surface area contributed by atoms with Crippen molar-refractivity contribution in [3.05, 3.63) is 46.1 Å². The number of benzene rings is 1. The Bertz CT molecular complexity index is 987. The number of nitrogens with zero attached hydrogens (tertiary/aromatic N) is 3. The molecule has 4 rings (SSSR count). The average Bonchev–Trinajstić information content (AvgIpc) is 2.93. The average molecular weight is 408 g/mol. The second-order valence-electron chi connectivity index (χ2n) is 6.47. The highest BCUT2D eigenvalue weighted by molar-refractivity contribution is 7.99. The van der Waals surface area contributed by atoms with Gasteiger partial charge in [0.05, 0.1) is 19.8 Å². The molecule has 1 aliphatic heterocycles. The molecular formula is C19H19F2N3OS2. The molecule has 0 bridgehead atoms. The van der Waals surface area contributed by atoms with Gasteiger partial charge >= 0.3 is 0 Å². The zero-order valence-corrected chi connectivity index (χ0v) is 16.7. The highest BCUT2D eigenvalue weighted by Gasteiger charge is 2.18. The molecule has 0 spiro atoms. The minimum atomic E-state index is -0.850. The van der Waals surface area contributed by atoms with Gasteiger partial charge in [-0.15, -0.1) is 11.3 Å². The van der Waals surface area contributed by atoms with Crippen LogP contribution in [0, 0.1) is 25.5 Å². The summed E-state index contributed by atoms with van der Waals surface area (Å²) in [4.78, 5) is 14.6. The highest BCUT2D eigenvalue weighted by Crippen LogP contribution is 2.38. The van der Waals surface area contributed by atoms with E-state index in [2.05, 4.69) is 18.7 Å². The second kappa shape index (κ2) is 7.79. The maximum atomic E-state index is 13.6. The van der Waals surface area contributed by atoms with Crippen LogP contribution in [0.1, 0.15) is 16.3 Å². The smallest absolute Gasteiger partial charge is 0.159 e. The van der Waals surface area contributed by atoms with E-state index in [1.54, 1.807) is 17.4 Å². The third-order valence-electron chi connectivity index (χ3n) is 4.62. The number of morpholine rings is 1. The molecule has 4 nitrogen and oxygen atoms in total. The fourth-order valence-corrected chi connectivity index (χ4v) is 5.15. The van der Waals surface area contributed by atoms with Gasteiger partial charge < -0.3 is 4.74 Å². The number of fused-ring (bicyclic) bond motifs is 1. The first-order chi connectivity index (χ1) is 13.0. The fraction of sp³-hybridized carbons (Fsp3) is 0.368. The molecule has 0 amide bonds. The van der Waals surface area contributed by atoms with E-state index in [4.69, 9.17) is 14.7 Å². The molecule has 0 N–H and O–H groups in total. The van der Waals surface area contributed by atoms with Crippen LogP contribution in [0.3, 0.4) is 0 Å². The molecule has 3 aromatic rings. The van der Waals surface area contributed by atoms with Crippen LogP contribution in [0.5, 0.6) is 0 Å². The molecule has 0 unspecified atom stereocenters. The van der Waals surface area contributed by atoms with Gasteiger partial charge in [-0.2, -0.15) is 0 Å². The van der Waals surface area contributed by atoms with Gasteiger partial charge in [-0.3, -0.25) is 4.90 Å². The van der Waals surface area contributed by atoms with Gasteiger partial charge in [0.2, 0.25) is 0 Å². The van der Waals surface area contributed by atoms with Gasteiger partial charge in [-0.1, -0.05) is 11.8 Å². The van der Waals surface area contributed by atoms with E-state index >= 15 is 0 Å². The van der Waals surface area contributed by atoms with Crippen molar-refractivity contribution in [2.45, 2.75) is 30.3 Å². The van der Waals surface area contributed by atoms with E-state index in [0.717, 1.165) is 59.0 Å². The van der Waals surface area contributed by atoms with Crippen LogP contribution in [-0.4, -0.2) is 41.2 Å². The van der Waals surface area contributed by atoms with Crippen LogP contribution in [-0.2, 0) is 11.3 Å². The molecule has 1 aliphatic rings. The Hall–Kier alpha value is -1.61. The van der Waals surface area contributed by atoms with Crippen molar-refractivity contribution in [3.63, 3.8) is 0 Å². The molecule has 0 atom stereocenters. The highest BCUT2D eigenvalue weighted by atomic mass is 32.2. The molecule has 142 valence electrons. The van der Waals surface area contributed by atoms with Gasteiger partial charge in [0.15, 0.2) is 11.6 Å². The van der Waals surface area contributed by atoms with E-state index in [1.165, 1.54) is 22.7 Å². The summed E-state index contributed by atoms with van der Waals surface area (Å²) < 4.78 is 32.3. The van der Waals surface area contributed by atoms with Crippen LogP contribution in [0.2, 0.25) is 0 Å². The van der Waals surface area contributed by atoms with E-state index in [1.807, 2.05) is 0 Å². The van der Waals surface area contributed by atoms with E-state index in [0.29, 0.717) is 11.4 Å². The summed E-state index contributed by atoms with van der Waals surface area (Å²) in [7, 11) is 0. The van der Waals surface area contributed by atoms with Crippen LogP contribution in [0.15, 0.2) is 28.1 Å². The van der Waals surface area contributed by atoms with Crippen molar-refractivity contribution in [3.8, 4) is 0 Å². The topological polar surface area (TPSA) is 38.2 Å². The van der Waals surface area contributed by atoms with Crippen molar-refractivity contribution in [2.24, 2.45) is 0 Å². The number of aromatic nitrogens is 2. The minimum absolute atomic E-state index is 0.620. The lowest BCUT2D eigenvalue weighted by molar-refractivity contribution is 0.0330. The molecule has 1 aromatic carbocycles. The third kappa shape index (κ3) is 3.99. The summed E-state index contributed by atoms with van der Waals surface area (Å²) in [5.41, 5.74) is 1.14. The molecule has 8 heteroatoms. The summed E-state index contributed by atoms with van der Waals surface area (Å²) in [6.45, 7) is 7.92. The first kappa shape index (κ1) is 18.7. The quantitative estimate of drug-likeness (QED) is 0.593. The summed E-state index contributed by atoms with van der Waals surface area (Å²) in [6, 6.07) is 3.94.